The Morgan fingerprint density at radius 3 is 2.76 bits per heavy atom. The molecule has 21 heavy (non-hydrogen) atoms. The molecule has 0 radical (unpaired) electrons. The fraction of sp³-hybridized carbons (Fsp3) is 0.562. The Balaban J connectivity index is 0.00000220. The third-order valence-corrected chi connectivity index (χ3v) is 3.63. The topological polar surface area (TPSA) is 66.6 Å². The minimum absolute atomic E-state index is 0. The van der Waals surface area contributed by atoms with Crippen LogP contribution < -0.4 is 5.73 Å². The zero-order chi connectivity index (χ0) is 14.5. The van der Waals surface area contributed by atoms with Gasteiger partial charge in [0.1, 0.15) is 5.75 Å². The minimum Gasteiger partial charge on any atom is -0.508 e. The zero-order valence-corrected chi connectivity index (χ0v) is 13.3. The number of carbonyl (C=O) groups excluding carboxylic acids is 1. The summed E-state index contributed by atoms with van der Waals surface area (Å²) in [4.78, 5) is 14.2. The molecule has 1 fully saturated rings. The second-order valence-electron chi connectivity index (χ2n) is 5.90. The summed E-state index contributed by atoms with van der Waals surface area (Å²) in [7, 11) is 0. The second kappa shape index (κ2) is 8.25. The summed E-state index contributed by atoms with van der Waals surface area (Å²) in [5, 5.41) is 9.51. The number of nitrogens with two attached hydrogens (primary N) is 1. The number of rotatable bonds is 7. The molecule has 0 bridgehead atoms. The van der Waals surface area contributed by atoms with Crippen molar-refractivity contribution in [2.45, 2.75) is 45.2 Å². The molecular formula is C16H25ClN2O2. The van der Waals surface area contributed by atoms with Crippen molar-refractivity contribution in [2.24, 2.45) is 11.7 Å². The van der Waals surface area contributed by atoms with Gasteiger partial charge in [-0.05, 0) is 49.8 Å². The van der Waals surface area contributed by atoms with E-state index in [9.17, 15) is 9.90 Å². The van der Waals surface area contributed by atoms with E-state index in [1.807, 2.05) is 24.0 Å². The lowest BCUT2D eigenvalue weighted by Gasteiger charge is -2.23. The lowest BCUT2D eigenvalue weighted by Crippen LogP contribution is -2.33. The van der Waals surface area contributed by atoms with Gasteiger partial charge in [-0.1, -0.05) is 12.1 Å². The van der Waals surface area contributed by atoms with Gasteiger partial charge in [0.2, 0.25) is 5.91 Å². The largest absolute Gasteiger partial charge is 0.508 e. The lowest BCUT2D eigenvalue weighted by molar-refractivity contribution is -0.132. The summed E-state index contributed by atoms with van der Waals surface area (Å²) in [6.07, 6.45) is 3.66. The molecule has 0 saturated heterocycles. The first-order chi connectivity index (χ1) is 9.54. The van der Waals surface area contributed by atoms with Gasteiger partial charge in [-0.3, -0.25) is 4.79 Å². The Bertz CT molecular complexity index is 461. The molecule has 2 rings (SSSR count). The van der Waals surface area contributed by atoms with E-state index in [1.54, 1.807) is 12.1 Å². The van der Waals surface area contributed by atoms with Crippen molar-refractivity contribution < 1.29 is 9.90 Å². The van der Waals surface area contributed by atoms with Crippen molar-refractivity contribution >= 4 is 18.3 Å². The normalized spacial score (nSPS) is 15.1. The highest BCUT2D eigenvalue weighted by atomic mass is 35.5. The van der Waals surface area contributed by atoms with E-state index in [0.29, 0.717) is 18.9 Å². The van der Waals surface area contributed by atoms with E-state index in [1.165, 1.54) is 12.8 Å². The van der Waals surface area contributed by atoms with E-state index in [0.717, 1.165) is 18.5 Å². The van der Waals surface area contributed by atoms with Crippen molar-refractivity contribution in [3.05, 3.63) is 29.8 Å². The molecule has 3 N–H and O–H groups in total. The maximum Gasteiger partial charge on any atom is 0.222 e. The number of halogens is 1. The molecule has 1 aromatic carbocycles. The summed E-state index contributed by atoms with van der Waals surface area (Å²) in [6.45, 7) is 3.32. The van der Waals surface area contributed by atoms with E-state index in [-0.39, 0.29) is 30.1 Å². The van der Waals surface area contributed by atoms with Gasteiger partial charge in [0.25, 0.3) is 0 Å². The number of phenolic OH excluding ortho intramolecular Hbond substituents is 1. The third-order valence-electron chi connectivity index (χ3n) is 3.63. The van der Waals surface area contributed by atoms with Gasteiger partial charge in [0, 0.05) is 25.6 Å². The number of hydrogen-bond donors (Lipinski definition) is 2. The fourth-order valence-electron chi connectivity index (χ4n) is 2.25. The summed E-state index contributed by atoms with van der Waals surface area (Å²) in [5.74, 6) is 1.07. The maximum absolute atomic E-state index is 12.3. The van der Waals surface area contributed by atoms with Crippen molar-refractivity contribution in [2.75, 3.05) is 6.54 Å². The summed E-state index contributed by atoms with van der Waals surface area (Å²) in [5.41, 5.74) is 6.70. The van der Waals surface area contributed by atoms with Gasteiger partial charge in [-0.25, -0.2) is 0 Å². The molecule has 5 heteroatoms. The average Bonchev–Trinajstić information content (AvgIpc) is 3.19. The summed E-state index contributed by atoms with van der Waals surface area (Å²) in [6, 6.07) is 7.18. The molecule has 1 aliphatic carbocycles. The number of nitrogens with zero attached hydrogens (tertiary/aromatic N) is 1. The summed E-state index contributed by atoms with van der Waals surface area (Å²) >= 11 is 0. The van der Waals surface area contributed by atoms with Gasteiger partial charge in [0.05, 0.1) is 0 Å². The van der Waals surface area contributed by atoms with Gasteiger partial charge < -0.3 is 15.7 Å². The van der Waals surface area contributed by atoms with Gasteiger partial charge in [-0.15, -0.1) is 12.4 Å². The van der Waals surface area contributed by atoms with Crippen LogP contribution in [0.25, 0.3) is 0 Å². The van der Waals surface area contributed by atoms with E-state index >= 15 is 0 Å². The highest BCUT2D eigenvalue weighted by Gasteiger charge is 2.26. The van der Waals surface area contributed by atoms with Crippen LogP contribution in [0.15, 0.2) is 24.3 Å². The van der Waals surface area contributed by atoms with Crippen LogP contribution in [-0.4, -0.2) is 28.5 Å². The molecule has 118 valence electrons. The SMILES string of the molecule is CC(N)CCC(=O)N(Cc1cccc(O)c1)CC1CC1.Cl. The predicted octanol–water partition coefficient (Wildman–Crippen LogP) is 2.68. The second-order valence-corrected chi connectivity index (χ2v) is 5.90. The van der Waals surface area contributed by atoms with E-state index in [2.05, 4.69) is 0 Å². The standard InChI is InChI=1S/C16H24N2O2.ClH/c1-12(17)5-8-16(20)18(10-13-6-7-13)11-14-3-2-4-15(19)9-14;/h2-4,9,12-13,19H,5-8,10-11,17H2,1H3;1H. The monoisotopic (exact) mass is 312 g/mol. The Morgan fingerprint density at radius 1 is 1.48 bits per heavy atom. The van der Waals surface area contributed by atoms with Crippen molar-refractivity contribution in [3.63, 3.8) is 0 Å². The number of aromatic hydroxyl groups is 1. The number of carbonyl (C=O) groups is 1. The number of hydrogen-bond acceptors (Lipinski definition) is 3. The molecule has 1 unspecified atom stereocenters. The molecule has 0 spiro atoms. The Morgan fingerprint density at radius 2 is 2.19 bits per heavy atom. The Kier molecular flexibility index (Phi) is 6.99. The van der Waals surface area contributed by atoms with Crippen molar-refractivity contribution in [3.8, 4) is 5.75 Å². The van der Waals surface area contributed by atoms with Gasteiger partial charge >= 0.3 is 0 Å². The molecule has 0 aromatic heterocycles. The predicted molar refractivity (Wildman–Crippen MR) is 86.4 cm³/mol. The number of amides is 1. The average molecular weight is 313 g/mol. The highest BCUT2D eigenvalue weighted by molar-refractivity contribution is 5.85. The smallest absolute Gasteiger partial charge is 0.222 e. The zero-order valence-electron chi connectivity index (χ0n) is 12.5. The number of phenols is 1. The number of benzene rings is 1. The Hall–Kier alpha value is -1.26. The van der Waals surface area contributed by atoms with Crippen molar-refractivity contribution in [1.29, 1.82) is 0 Å². The first-order valence-electron chi connectivity index (χ1n) is 7.36. The molecule has 1 saturated carbocycles. The maximum atomic E-state index is 12.3. The molecule has 4 nitrogen and oxygen atoms in total. The molecule has 1 atom stereocenters. The summed E-state index contributed by atoms with van der Waals surface area (Å²) < 4.78 is 0. The van der Waals surface area contributed by atoms with Crippen LogP contribution in [0.2, 0.25) is 0 Å². The first kappa shape index (κ1) is 17.8. The Labute approximate surface area is 132 Å². The lowest BCUT2D eigenvalue weighted by atomic mass is 10.1. The van der Waals surface area contributed by atoms with Crippen LogP contribution >= 0.6 is 12.4 Å². The van der Waals surface area contributed by atoms with Crippen LogP contribution in [0.4, 0.5) is 0 Å². The third kappa shape index (κ3) is 6.36. The van der Waals surface area contributed by atoms with Gasteiger partial charge in [0.15, 0.2) is 0 Å². The quantitative estimate of drug-likeness (QED) is 0.813. The van der Waals surface area contributed by atoms with Crippen LogP contribution in [0, 0.1) is 5.92 Å². The van der Waals surface area contributed by atoms with Crippen LogP contribution in [-0.2, 0) is 11.3 Å². The molecule has 0 aliphatic heterocycles. The van der Waals surface area contributed by atoms with Crippen LogP contribution in [0.3, 0.4) is 0 Å². The fourth-order valence-corrected chi connectivity index (χ4v) is 2.25. The van der Waals surface area contributed by atoms with Gasteiger partial charge in [-0.2, -0.15) is 0 Å². The van der Waals surface area contributed by atoms with E-state index < -0.39 is 0 Å². The van der Waals surface area contributed by atoms with Crippen LogP contribution in [0.1, 0.15) is 38.2 Å². The molecule has 0 heterocycles. The molecule has 1 aromatic rings. The first-order valence-corrected chi connectivity index (χ1v) is 7.36. The molecule has 1 aliphatic rings. The van der Waals surface area contributed by atoms with Crippen molar-refractivity contribution in [1.82, 2.24) is 4.90 Å². The van der Waals surface area contributed by atoms with E-state index in [4.69, 9.17) is 5.73 Å². The molecular weight excluding hydrogens is 288 g/mol. The highest BCUT2D eigenvalue weighted by Crippen LogP contribution is 2.30. The minimum atomic E-state index is 0. The molecule has 1 amide bonds. The van der Waals surface area contributed by atoms with Crippen LogP contribution in [0.5, 0.6) is 5.75 Å².